The molecule has 0 saturated carbocycles. The Bertz CT molecular complexity index is 5470. The van der Waals surface area contributed by atoms with Crippen molar-refractivity contribution in [1.82, 2.24) is 57.0 Å². The number of ketones is 2. The Balaban J connectivity index is 0.000000540. The van der Waals surface area contributed by atoms with Gasteiger partial charge in [0, 0.05) is 76.4 Å². The van der Waals surface area contributed by atoms with Crippen LogP contribution >= 0.6 is 0 Å². The van der Waals surface area contributed by atoms with Crippen molar-refractivity contribution in [3.63, 3.8) is 0 Å². The molecule has 38 nitrogen and oxygen atoms in total. The van der Waals surface area contributed by atoms with Crippen molar-refractivity contribution in [2.24, 2.45) is 39.8 Å². The zero-order valence-corrected chi connectivity index (χ0v) is 87.1. The number of amides is 5. The molecule has 0 saturated heterocycles. The zero-order chi connectivity index (χ0) is 103. The molecular formula is C100H147Cl3N20O18S. The summed E-state index contributed by atoms with van der Waals surface area (Å²) in [4.78, 5) is 113. The molecule has 0 aliphatic carbocycles. The first-order valence-electron chi connectivity index (χ1n) is 47.0. The number of phenolic OH excluding ortho intramolecular Hbond substituents is 2. The Morgan fingerprint density at radius 2 is 0.866 bits per heavy atom. The summed E-state index contributed by atoms with van der Waals surface area (Å²) in [5.74, 6) is 0.244. The van der Waals surface area contributed by atoms with Crippen LogP contribution in [-0.4, -0.2) is 169 Å². The van der Waals surface area contributed by atoms with Crippen molar-refractivity contribution in [3.05, 3.63) is 230 Å². The number of Topliss-reactive ketones (excluding diaryl/α,β-unsaturated/α-hetero) is 2. The smallest absolute Gasteiger partial charge is 0.408 e. The second-order valence-electron chi connectivity index (χ2n) is 37.5. The average molecular weight is 2060 g/mol. The lowest BCUT2D eigenvalue weighted by Gasteiger charge is -2.25. The summed E-state index contributed by atoms with van der Waals surface area (Å²) in [6.07, 6.45) is 8.23. The number of aliphatic imine (C=N–C) groups is 1. The number of halogens is 3. The van der Waals surface area contributed by atoms with Gasteiger partial charge >= 0.3 is 24.2 Å². The average Bonchev–Trinajstić information content (AvgIpc) is 1.01. The Kier molecular flexibility index (Phi) is 54.2. The molecule has 0 aliphatic rings. The number of nitrogens with two attached hydrogens (primary N) is 4. The van der Waals surface area contributed by atoms with Gasteiger partial charge in [-0.05, 0) is 267 Å². The molecule has 0 unspecified atom stereocenters. The Hall–Kier alpha value is -12.4. The molecule has 0 aliphatic heterocycles. The molecule has 42 heteroatoms. The summed E-state index contributed by atoms with van der Waals surface area (Å²) < 4.78 is 63.9. The van der Waals surface area contributed by atoms with Crippen molar-refractivity contribution in [2.45, 2.75) is 277 Å². The number of carbonyl (C=O) groups is 7. The number of nitrogens with zero attached hydrogens (tertiary/aromatic N) is 7. The number of phenols is 2. The van der Waals surface area contributed by atoms with Gasteiger partial charge in [0.25, 0.3) is 5.89 Å². The number of alkyl carbamates (subject to hydrolysis) is 3. The van der Waals surface area contributed by atoms with Crippen LogP contribution in [-0.2, 0) is 75.6 Å². The van der Waals surface area contributed by atoms with E-state index in [0.29, 0.717) is 120 Å². The second kappa shape index (κ2) is 62.1. The van der Waals surface area contributed by atoms with Crippen LogP contribution in [0.5, 0.6) is 11.5 Å². The first kappa shape index (κ1) is 124. The fourth-order valence-electron chi connectivity index (χ4n) is 14.6. The molecular weight excluding hydrogens is 1910 g/mol. The predicted molar refractivity (Wildman–Crippen MR) is 522 cm³/mol. The number of carbonyl (C=O) groups excluding carboxylic acids is 7. The number of quaternary nitrogens is 3. The van der Waals surface area contributed by atoms with Gasteiger partial charge in [-0.3, -0.25) is 40.6 Å². The van der Waals surface area contributed by atoms with Crippen LogP contribution in [0.15, 0.2) is 163 Å². The van der Waals surface area contributed by atoms with Crippen LogP contribution in [0.3, 0.4) is 0 Å². The maximum Gasteiger partial charge on any atom is 0.408 e. The minimum absolute atomic E-state index is 0. The van der Waals surface area contributed by atoms with E-state index >= 15 is 0 Å². The van der Waals surface area contributed by atoms with Gasteiger partial charge in [0.1, 0.15) is 56.5 Å². The lowest BCUT2D eigenvalue weighted by molar-refractivity contribution is -0.463. The summed E-state index contributed by atoms with van der Waals surface area (Å²) in [5, 5.41) is 47.1. The first-order chi connectivity index (χ1) is 65.6. The largest absolute Gasteiger partial charge is 1.00 e. The van der Waals surface area contributed by atoms with E-state index in [9.17, 15) is 56.7 Å². The van der Waals surface area contributed by atoms with Gasteiger partial charge in [-0.2, -0.15) is 15.0 Å². The Morgan fingerprint density at radius 3 is 1.25 bits per heavy atom. The molecule has 5 amide bonds. The van der Waals surface area contributed by atoms with Crippen LogP contribution in [0, 0.1) is 46.5 Å². The molecule has 6 aromatic carbocycles. The van der Waals surface area contributed by atoms with Crippen molar-refractivity contribution in [2.75, 3.05) is 32.7 Å². The molecule has 0 fully saturated rings. The van der Waals surface area contributed by atoms with Crippen molar-refractivity contribution in [1.29, 1.82) is 0 Å². The molecule has 0 bridgehead atoms. The number of rotatable bonds is 47. The fraction of sp³-hybridized carbons (Fsp3) is 0.490. The summed E-state index contributed by atoms with van der Waals surface area (Å²) in [6, 6.07) is 39.1. The molecule has 3 aromatic heterocycles. The van der Waals surface area contributed by atoms with E-state index in [2.05, 4.69) is 84.2 Å². The number of hydrogen-bond acceptors (Lipinski definition) is 25. The highest BCUT2D eigenvalue weighted by Gasteiger charge is 2.35. The fourth-order valence-corrected chi connectivity index (χ4v) is 15.1. The van der Waals surface area contributed by atoms with Crippen LogP contribution in [0.2, 0.25) is 0 Å². The lowest BCUT2D eigenvalue weighted by Crippen LogP contribution is -3.00. The summed E-state index contributed by atoms with van der Waals surface area (Å²) in [5.41, 5.74) is 41.1. The standard InChI is InChI=1S/C42H62N8O8.C32H46N8O4.C19H28N4O3.C7H8O3S.3ClH/c1-26-21-30(51)22-27(2)31(26)24-29(25-34(52)32(18-14-20-45-38(43)44)48-40(55)57-42(6,7)8)36(53)47-33(17-12-13-19-46-39(54)56-41(3,4)5)37-49-35(50-58-37)23-28-15-10-9-11-16-28;1-20-15-24(41)16-21(2)25(20)18-23(19-28(42)26(34)11-8-14-37-32(35)36)30(43)38-27(12-6-7-13-33)31-39-29(40-44-31)17-22-9-4-3-5-10-22;1-19(2,3)25-18(24)21-12-8-7-11-15(20)17-22-16(23-26-17)13-14-9-5-4-6-10-14;1-6-2-4-7(5-3-6)11(8,9)10;;;/h9-11,15-16,21-22,29,32-33,51H,12-14,17-20,23-25H2,1-8H3,(H,46,54)(H,47,53)(H,48,55)(H4,43,44,45);3-5,9-10,15-16,23,26-27,41H,6-8,11-14,17-19,33-34H2,1-2H3,(H,38,43)(H4,35,36,37);4-6,9-10,15H,7-8,11-13,20H2,1-3H3,(H,21,24);2-5H,1H3,(H,8,9,10);3*1H/t29-,32-,33+;23-,26-,27+;15-;;;;/m110..../s1. The number of aryl methyl sites for hydroxylation is 5. The highest BCUT2D eigenvalue weighted by atomic mass is 35.5. The third kappa shape index (κ3) is 48.9. The molecule has 3 heterocycles. The number of hydrogen-bond donors (Lipinski definition) is 15. The van der Waals surface area contributed by atoms with Crippen LogP contribution in [0.25, 0.3) is 0 Å². The van der Waals surface area contributed by atoms with E-state index in [0.717, 1.165) is 94.3 Å². The van der Waals surface area contributed by atoms with Gasteiger partial charge in [0.05, 0.1) is 24.0 Å². The van der Waals surface area contributed by atoms with E-state index in [4.69, 9.17) is 50.7 Å². The number of aromatic hydroxyl groups is 2. The number of unbranched alkanes of at least 4 members (excludes halogenated alkanes) is 3. The number of benzene rings is 6. The highest BCUT2D eigenvalue weighted by molar-refractivity contribution is 7.85. The molecule has 142 heavy (non-hydrogen) atoms. The third-order valence-electron chi connectivity index (χ3n) is 21.6. The zero-order valence-electron chi connectivity index (χ0n) is 84.0. The molecule has 0 spiro atoms. The van der Waals surface area contributed by atoms with E-state index in [1.54, 1.807) is 77.9 Å². The van der Waals surface area contributed by atoms with Gasteiger partial charge < -0.3 is 135 Å². The van der Waals surface area contributed by atoms with Crippen molar-refractivity contribution in [3.8, 4) is 11.5 Å². The summed E-state index contributed by atoms with van der Waals surface area (Å²) >= 11 is 0. The number of aromatic nitrogens is 6. The van der Waals surface area contributed by atoms with E-state index in [1.165, 1.54) is 12.1 Å². The number of ether oxygens (including phenoxy) is 3. The lowest BCUT2D eigenvalue weighted by atomic mass is 9.86. The maximum atomic E-state index is 14.5. The number of guanidine groups is 2. The predicted octanol–water partition coefficient (Wildman–Crippen LogP) is -0.735. The SMILES string of the molecule is CC(C)(C)OC(=O)NCCCC[C@H]([NH3+])c1nc(Cc2ccccc2)no1.Cc1cc(O)cc(C)c1C[C@H](CC(=O)[C@@H](CCCN=C(N)N)NC(=O)OC(C)(C)C)C(=O)N[C@@H](CCCCNC(=O)OC(C)(C)C)c1nc(Cc2ccccc2)no1.Cc1cc(O)cc(C)c1C[C@H](CC(=O)[C@H]([NH3+])CCC[NH+]=C(N)N)C(=O)N[C@@H](CCCC[NH3+])c1nc(Cc2ccccc2)no1.Cc1ccc(S(=O)(=O)[O-])cc1.[Cl-].[Cl-].[Cl-]. The third-order valence-corrected chi connectivity index (χ3v) is 22.5. The Labute approximate surface area is 851 Å². The normalized spacial score (nSPS) is 12.6. The quantitative estimate of drug-likeness (QED) is 0.00735. The molecule has 7 atom stereocenters. The summed E-state index contributed by atoms with van der Waals surface area (Å²) in [7, 11) is -4.27. The van der Waals surface area contributed by atoms with Gasteiger partial charge in [-0.25, -0.2) is 22.8 Å². The minimum atomic E-state index is -4.27. The Morgan fingerprint density at radius 1 is 0.486 bits per heavy atom. The molecule has 782 valence electrons. The van der Waals surface area contributed by atoms with Crippen LogP contribution in [0.4, 0.5) is 14.4 Å². The summed E-state index contributed by atoms with van der Waals surface area (Å²) in [6.45, 7) is 27.7. The topological polar surface area (TPSA) is 635 Å². The molecule has 9 aromatic rings. The van der Waals surface area contributed by atoms with Crippen LogP contribution in [0.1, 0.15) is 268 Å². The van der Waals surface area contributed by atoms with Gasteiger partial charge in [-0.15, -0.1) is 0 Å². The molecule has 0 radical (unpaired) electrons. The van der Waals surface area contributed by atoms with Gasteiger partial charge in [0.2, 0.25) is 23.6 Å². The van der Waals surface area contributed by atoms with Crippen molar-refractivity contribution >= 4 is 63.7 Å². The van der Waals surface area contributed by atoms with E-state index < -0.39 is 86.8 Å². The number of nitrogens with one attached hydrogen (secondary N) is 6. The van der Waals surface area contributed by atoms with Gasteiger partial charge in [0.15, 0.2) is 41.0 Å². The van der Waals surface area contributed by atoms with Crippen LogP contribution < -0.4 is 109 Å². The monoisotopic (exact) mass is 2050 g/mol. The first-order valence-corrected chi connectivity index (χ1v) is 48.4. The van der Waals surface area contributed by atoms with E-state index in [1.807, 2.05) is 146 Å². The molecule has 9 rings (SSSR count). The second-order valence-corrected chi connectivity index (χ2v) is 38.9. The molecule has 25 N–H and O–H groups in total. The maximum absolute atomic E-state index is 14.5. The highest BCUT2D eigenvalue weighted by Crippen LogP contribution is 2.31. The minimum Gasteiger partial charge on any atom is -1.00 e. The van der Waals surface area contributed by atoms with Crippen molar-refractivity contribution < 1.29 is 144 Å². The van der Waals surface area contributed by atoms with Gasteiger partial charge in [-0.1, -0.05) is 124 Å². The van der Waals surface area contributed by atoms with E-state index in [-0.39, 0.29) is 127 Å².